The molecule has 0 aromatic rings. The molecule has 10 heavy (non-hydrogen) atoms. The van der Waals surface area contributed by atoms with Crippen molar-refractivity contribution >= 4 is 0 Å². The molecule has 0 rings (SSSR count). The second kappa shape index (κ2) is 5.52. The molecule has 1 atom stereocenters. The number of rotatable bonds is 4. The minimum atomic E-state index is 0.708. The largest absolute Gasteiger partial charge is 0.0857 e. The Morgan fingerprint density at radius 3 is 2.10 bits per heavy atom. The van der Waals surface area contributed by atoms with Crippen LogP contribution in [0.1, 0.15) is 40.5 Å². The number of hydrogen-bond donors (Lipinski definition) is 0. The van der Waals surface area contributed by atoms with Crippen LogP contribution >= 0.6 is 0 Å². The van der Waals surface area contributed by atoms with Gasteiger partial charge in [-0.05, 0) is 18.3 Å². The van der Waals surface area contributed by atoms with E-state index in [1.54, 1.807) is 0 Å². The van der Waals surface area contributed by atoms with Crippen LogP contribution in [-0.4, -0.2) is 0 Å². The predicted molar refractivity (Wildman–Crippen MR) is 48.1 cm³/mol. The maximum Gasteiger partial charge on any atom is -0.0262 e. The van der Waals surface area contributed by atoms with Crippen LogP contribution in [0.4, 0.5) is 0 Å². The van der Waals surface area contributed by atoms with Crippen LogP contribution in [0.15, 0.2) is 12.2 Å². The topological polar surface area (TPSA) is 0 Å². The molecule has 60 valence electrons. The van der Waals surface area contributed by atoms with Crippen LogP contribution in [0, 0.1) is 11.8 Å². The molecule has 0 heteroatoms. The summed E-state index contributed by atoms with van der Waals surface area (Å²) in [5.41, 5.74) is 0. The molecule has 0 aliphatic rings. The maximum absolute atomic E-state index is 2.33. The first kappa shape index (κ1) is 9.74. The fourth-order valence-corrected chi connectivity index (χ4v) is 0.963. The summed E-state index contributed by atoms with van der Waals surface area (Å²) < 4.78 is 0. The summed E-state index contributed by atoms with van der Waals surface area (Å²) in [5, 5.41) is 0. The Balaban J connectivity index is 3.45. The molecule has 0 aliphatic heterocycles. The van der Waals surface area contributed by atoms with Crippen LogP contribution < -0.4 is 0 Å². The Bertz CT molecular complexity index is 90.2. The van der Waals surface area contributed by atoms with Gasteiger partial charge in [-0.15, -0.1) is 0 Å². The van der Waals surface area contributed by atoms with Crippen molar-refractivity contribution in [1.82, 2.24) is 0 Å². The zero-order valence-electron chi connectivity index (χ0n) is 7.72. The Kier molecular flexibility index (Phi) is 5.38. The Morgan fingerprint density at radius 1 is 1.10 bits per heavy atom. The molecule has 1 unspecified atom stereocenters. The summed E-state index contributed by atoms with van der Waals surface area (Å²) in [6.45, 7) is 8.95. The third kappa shape index (κ3) is 5.87. The van der Waals surface area contributed by atoms with Gasteiger partial charge >= 0.3 is 0 Å². The van der Waals surface area contributed by atoms with Gasteiger partial charge in [0.25, 0.3) is 0 Å². The fourth-order valence-electron chi connectivity index (χ4n) is 0.963. The van der Waals surface area contributed by atoms with E-state index in [0.29, 0.717) is 5.92 Å². The monoisotopic (exact) mass is 140 g/mol. The van der Waals surface area contributed by atoms with Crippen molar-refractivity contribution in [3.05, 3.63) is 12.2 Å². The molecule has 0 aromatic carbocycles. The average Bonchev–Trinajstić information content (AvgIpc) is 1.85. The lowest BCUT2D eigenvalue weighted by Gasteiger charge is -2.02. The van der Waals surface area contributed by atoms with E-state index in [1.807, 2.05) is 0 Å². The van der Waals surface area contributed by atoms with E-state index in [4.69, 9.17) is 0 Å². The van der Waals surface area contributed by atoms with Crippen molar-refractivity contribution in [3.8, 4) is 0 Å². The summed E-state index contributed by atoms with van der Waals surface area (Å²) >= 11 is 0. The first-order chi connectivity index (χ1) is 4.66. The normalized spacial score (nSPS) is 14.9. The lowest BCUT2D eigenvalue weighted by atomic mass is 10.0. The predicted octanol–water partition coefficient (Wildman–Crippen LogP) is 3.63. The van der Waals surface area contributed by atoms with Crippen LogP contribution in [0.25, 0.3) is 0 Å². The smallest absolute Gasteiger partial charge is 0.0262 e. The van der Waals surface area contributed by atoms with E-state index in [0.717, 1.165) is 5.92 Å². The molecule has 0 N–H and O–H groups in total. The van der Waals surface area contributed by atoms with Gasteiger partial charge < -0.3 is 0 Å². The molecule has 0 amide bonds. The zero-order chi connectivity index (χ0) is 7.98. The summed E-state index contributed by atoms with van der Waals surface area (Å²) in [6.07, 6.45) is 7.24. The fraction of sp³-hybridized carbons (Fsp3) is 0.800. The molecule has 0 spiro atoms. The van der Waals surface area contributed by atoms with Crippen molar-refractivity contribution in [2.45, 2.75) is 40.5 Å². The lowest BCUT2D eigenvalue weighted by molar-refractivity contribution is 0.627. The van der Waals surface area contributed by atoms with E-state index in [9.17, 15) is 0 Å². The Morgan fingerprint density at radius 2 is 1.70 bits per heavy atom. The van der Waals surface area contributed by atoms with Gasteiger partial charge in [-0.3, -0.25) is 0 Å². The van der Waals surface area contributed by atoms with Crippen molar-refractivity contribution in [2.24, 2.45) is 11.8 Å². The van der Waals surface area contributed by atoms with Gasteiger partial charge in [-0.25, -0.2) is 0 Å². The van der Waals surface area contributed by atoms with Gasteiger partial charge in [-0.1, -0.05) is 46.3 Å². The van der Waals surface area contributed by atoms with Gasteiger partial charge in [0, 0.05) is 0 Å². The molecule has 0 saturated carbocycles. The van der Waals surface area contributed by atoms with E-state index < -0.39 is 0 Å². The minimum absolute atomic E-state index is 0.708. The van der Waals surface area contributed by atoms with Crippen LogP contribution in [0.3, 0.4) is 0 Å². The highest BCUT2D eigenvalue weighted by Gasteiger charge is 1.93. The summed E-state index contributed by atoms with van der Waals surface area (Å²) in [6, 6.07) is 0. The van der Waals surface area contributed by atoms with E-state index in [2.05, 4.69) is 39.8 Å². The highest BCUT2D eigenvalue weighted by atomic mass is 14.0. The maximum atomic E-state index is 2.33. The van der Waals surface area contributed by atoms with E-state index >= 15 is 0 Å². The zero-order valence-corrected chi connectivity index (χ0v) is 7.72. The molecule has 0 aliphatic carbocycles. The van der Waals surface area contributed by atoms with Gasteiger partial charge in [0.15, 0.2) is 0 Å². The second-order valence-electron chi connectivity index (χ2n) is 3.39. The van der Waals surface area contributed by atoms with Crippen molar-refractivity contribution < 1.29 is 0 Å². The van der Waals surface area contributed by atoms with E-state index in [-0.39, 0.29) is 0 Å². The van der Waals surface area contributed by atoms with Crippen molar-refractivity contribution in [1.29, 1.82) is 0 Å². The molecule has 0 aromatic heterocycles. The molecule has 0 heterocycles. The van der Waals surface area contributed by atoms with E-state index in [1.165, 1.54) is 12.8 Å². The summed E-state index contributed by atoms with van der Waals surface area (Å²) in [7, 11) is 0. The van der Waals surface area contributed by atoms with Crippen LogP contribution in [0.2, 0.25) is 0 Å². The second-order valence-corrected chi connectivity index (χ2v) is 3.39. The number of allylic oxidation sites excluding steroid dienone is 2. The third-order valence-electron chi connectivity index (χ3n) is 1.57. The molecule has 0 saturated heterocycles. The summed E-state index contributed by atoms with van der Waals surface area (Å²) in [5.74, 6) is 1.48. The molecule has 0 nitrogen and oxygen atoms in total. The molecular weight excluding hydrogens is 120 g/mol. The van der Waals surface area contributed by atoms with Gasteiger partial charge in [-0.2, -0.15) is 0 Å². The van der Waals surface area contributed by atoms with Crippen LogP contribution in [0.5, 0.6) is 0 Å². The van der Waals surface area contributed by atoms with Crippen LogP contribution in [-0.2, 0) is 0 Å². The molecular formula is C10H20. The quantitative estimate of drug-likeness (QED) is 0.523. The highest BCUT2D eigenvalue weighted by molar-refractivity contribution is 4.88. The lowest BCUT2D eigenvalue weighted by Crippen LogP contribution is -1.88. The van der Waals surface area contributed by atoms with Gasteiger partial charge in [0.1, 0.15) is 0 Å². The van der Waals surface area contributed by atoms with Crippen molar-refractivity contribution in [2.75, 3.05) is 0 Å². The number of hydrogen-bond acceptors (Lipinski definition) is 0. The summed E-state index contributed by atoms with van der Waals surface area (Å²) in [4.78, 5) is 0. The standard InChI is InChI=1S/C10H20/c1-5-6-10(4)8-7-9(2)3/h7-10H,5-6H2,1-4H3/b8-7+. The van der Waals surface area contributed by atoms with Gasteiger partial charge in [0.05, 0.1) is 0 Å². The van der Waals surface area contributed by atoms with Gasteiger partial charge in [0.2, 0.25) is 0 Å². The third-order valence-corrected chi connectivity index (χ3v) is 1.57. The molecule has 0 fully saturated rings. The average molecular weight is 140 g/mol. The Labute approximate surface area is 65.3 Å². The minimum Gasteiger partial charge on any atom is -0.0857 e. The first-order valence-corrected chi connectivity index (χ1v) is 4.35. The highest BCUT2D eigenvalue weighted by Crippen LogP contribution is 2.07. The van der Waals surface area contributed by atoms with Crippen molar-refractivity contribution in [3.63, 3.8) is 0 Å². The molecule has 0 radical (unpaired) electrons. The SMILES string of the molecule is CCCC(C)/C=C/C(C)C. The molecule has 0 bridgehead atoms. The first-order valence-electron chi connectivity index (χ1n) is 4.35. The Hall–Kier alpha value is -0.260.